The Kier molecular flexibility index (Phi) is 5.23. The lowest BCUT2D eigenvalue weighted by Gasteiger charge is -2.36. The average molecular weight is 426 g/mol. The number of benzene rings is 1. The third kappa shape index (κ3) is 3.82. The zero-order valence-electron chi connectivity index (χ0n) is 16.7. The average Bonchev–Trinajstić information content (AvgIpc) is 3.18. The summed E-state index contributed by atoms with van der Waals surface area (Å²) >= 11 is 6.12. The number of fused-ring (bicyclic) bond motifs is 2. The number of nitrogens with one attached hydrogen (secondary N) is 1. The van der Waals surface area contributed by atoms with Crippen molar-refractivity contribution in [2.75, 3.05) is 50.8 Å². The highest BCUT2D eigenvalue weighted by molar-refractivity contribution is 6.30. The van der Waals surface area contributed by atoms with Gasteiger partial charge in [0.2, 0.25) is 0 Å². The van der Waals surface area contributed by atoms with E-state index in [1.165, 1.54) is 5.69 Å². The van der Waals surface area contributed by atoms with Crippen LogP contribution < -0.4 is 10.2 Å². The molecule has 1 aromatic carbocycles. The molecule has 0 bridgehead atoms. The minimum Gasteiger partial charge on any atom is -0.495 e. The van der Waals surface area contributed by atoms with Crippen LogP contribution in [0.2, 0.25) is 5.02 Å². The van der Waals surface area contributed by atoms with E-state index in [2.05, 4.69) is 26.2 Å². The molecule has 4 aliphatic rings. The van der Waals surface area contributed by atoms with E-state index in [-0.39, 0.29) is 5.78 Å². The molecule has 0 unspecified atom stereocenters. The second kappa shape index (κ2) is 8.16. The Morgan fingerprint density at radius 2 is 2.07 bits per heavy atom. The van der Waals surface area contributed by atoms with Gasteiger partial charge in [0.1, 0.15) is 18.1 Å². The van der Waals surface area contributed by atoms with E-state index in [1.54, 1.807) is 6.21 Å². The van der Waals surface area contributed by atoms with Crippen LogP contribution in [-0.2, 0) is 9.53 Å². The maximum Gasteiger partial charge on any atom is 0.188 e. The molecule has 5 rings (SSSR count). The fraction of sp³-hybridized carbons (Fsp3) is 0.364. The molecule has 1 N–H and O–H groups in total. The molecular weight excluding hydrogens is 402 g/mol. The number of anilines is 1. The van der Waals surface area contributed by atoms with Crippen LogP contribution in [-0.4, -0.2) is 67.7 Å². The molecule has 7 nitrogen and oxygen atoms in total. The number of ketones is 1. The lowest BCUT2D eigenvalue weighted by atomic mass is 10.1. The summed E-state index contributed by atoms with van der Waals surface area (Å²) in [5, 5.41) is 3.86. The second-order valence-corrected chi connectivity index (χ2v) is 8.14. The van der Waals surface area contributed by atoms with Crippen LogP contribution in [0.15, 0.2) is 64.5 Å². The SMILES string of the molecule is O=C1CC=NC2=C1NC=C1C=C(OCCN3CCN(c4cccc(Cl)c4)CC3)CN12. The van der Waals surface area contributed by atoms with Crippen LogP contribution in [0.5, 0.6) is 0 Å². The fourth-order valence-corrected chi connectivity index (χ4v) is 4.33. The first-order chi connectivity index (χ1) is 14.7. The maximum absolute atomic E-state index is 12.0. The number of aliphatic imine (C=N–C) groups is 1. The van der Waals surface area contributed by atoms with Crippen molar-refractivity contribution in [3.63, 3.8) is 0 Å². The van der Waals surface area contributed by atoms with Crippen LogP contribution in [0.25, 0.3) is 0 Å². The van der Waals surface area contributed by atoms with Crippen LogP contribution in [0.4, 0.5) is 5.69 Å². The first kappa shape index (κ1) is 19.2. The van der Waals surface area contributed by atoms with E-state index in [0.717, 1.165) is 49.2 Å². The third-order valence-electron chi connectivity index (χ3n) is 5.79. The lowest BCUT2D eigenvalue weighted by Crippen LogP contribution is -2.47. The lowest BCUT2D eigenvalue weighted by molar-refractivity contribution is -0.115. The Balaban J connectivity index is 1.10. The van der Waals surface area contributed by atoms with Gasteiger partial charge in [0.25, 0.3) is 0 Å². The highest BCUT2D eigenvalue weighted by atomic mass is 35.5. The number of carbonyl (C=O) groups is 1. The molecule has 1 fully saturated rings. The number of halogens is 1. The van der Waals surface area contributed by atoms with Gasteiger partial charge in [-0.15, -0.1) is 0 Å². The molecule has 0 radical (unpaired) electrons. The van der Waals surface area contributed by atoms with Gasteiger partial charge in [0, 0.05) is 68.3 Å². The van der Waals surface area contributed by atoms with Crippen molar-refractivity contribution in [2.45, 2.75) is 6.42 Å². The molecule has 1 aromatic rings. The quantitative estimate of drug-likeness (QED) is 0.781. The topological polar surface area (TPSA) is 60.4 Å². The molecule has 30 heavy (non-hydrogen) atoms. The number of piperazine rings is 1. The van der Waals surface area contributed by atoms with Crippen molar-refractivity contribution in [1.29, 1.82) is 0 Å². The van der Waals surface area contributed by atoms with Crippen LogP contribution in [0.3, 0.4) is 0 Å². The summed E-state index contributed by atoms with van der Waals surface area (Å²) in [5.41, 5.74) is 2.74. The molecular formula is C22H24ClN5O2. The number of hydrogen-bond acceptors (Lipinski definition) is 7. The molecule has 0 amide bonds. The standard InChI is InChI=1S/C22H24ClN5O2/c23-16-2-1-3-17(12-16)27-8-6-26(7-9-27)10-11-30-19-13-18-14-25-21-20(29)4-5-24-22(21)28(18)15-19/h1-3,5,12-14,25H,4,6-11,15H2. The Hall–Kier alpha value is -2.77. The van der Waals surface area contributed by atoms with Gasteiger partial charge in [0.15, 0.2) is 11.6 Å². The highest BCUT2D eigenvalue weighted by Gasteiger charge is 2.31. The summed E-state index contributed by atoms with van der Waals surface area (Å²) in [7, 11) is 0. The second-order valence-electron chi connectivity index (χ2n) is 7.70. The van der Waals surface area contributed by atoms with Crippen LogP contribution in [0.1, 0.15) is 6.42 Å². The Bertz CT molecular complexity index is 975. The van der Waals surface area contributed by atoms with Crippen molar-refractivity contribution in [3.05, 3.63) is 64.5 Å². The molecule has 0 saturated carbocycles. The number of allylic oxidation sites excluding steroid dienone is 2. The minimum absolute atomic E-state index is 0.0709. The molecule has 0 aromatic heterocycles. The van der Waals surface area contributed by atoms with E-state index in [9.17, 15) is 4.79 Å². The summed E-state index contributed by atoms with van der Waals surface area (Å²) in [6.07, 6.45) is 5.89. The van der Waals surface area contributed by atoms with E-state index in [0.29, 0.717) is 31.1 Å². The Morgan fingerprint density at radius 1 is 1.20 bits per heavy atom. The molecule has 0 atom stereocenters. The monoisotopic (exact) mass is 425 g/mol. The van der Waals surface area contributed by atoms with Crippen molar-refractivity contribution < 1.29 is 9.53 Å². The van der Waals surface area contributed by atoms with Gasteiger partial charge >= 0.3 is 0 Å². The van der Waals surface area contributed by atoms with E-state index >= 15 is 0 Å². The summed E-state index contributed by atoms with van der Waals surface area (Å²) in [6.45, 7) is 6.12. The van der Waals surface area contributed by atoms with Gasteiger partial charge in [-0.3, -0.25) is 9.69 Å². The number of rotatable bonds is 5. The van der Waals surface area contributed by atoms with Gasteiger partial charge in [-0.05, 0) is 18.2 Å². The summed E-state index contributed by atoms with van der Waals surface area (Å²) < 4.78 is 6.05. The molecule has 8 heteroatoms. The predicted molar refractivity (Wildman–Crippen MR) is 117 cm³/mol. The van der Waals surface area contributed by atoms with Gasteiger partial charge in [-0.1, -0.05) is 17.7 Å². The van der Waals surface area contributed by atoms with E-state index in [4.69, 9.17) is 16.3 Å². The molecule has 0 spiro atoms. The minimum atomic E-state index is 0.0709. The fourth-order valence-electron chi connectivity index (χ4n) is 4.15. The van der Waals surface area contributed by atoms with Gasteiger partial charge < -0.3 is 19.9 Å². The predicted octanol–water partition coefficient (Wildman–Crippen LogP) is 2.34. The van der Waals surface area contributed by atoms with Crippen molar-refractivity contribution in [1.82, 2.24) is 15.1 Å². The van der Waals surface area contributed by atoms with E-state index < -0.39 is 0 Å². The number of nitrogens with zero attached hydrogens (tertiary/aromatic N) is 4. The van der Waals surface area contributed by atoms with Gasteiger partial charge in [0.05, 0.1) is 12.2 Å². The summed E-state index contributed by atoms with van der Waals surface area (Å²) in [4.78, 5) is 23.3. The Morgan fingerprint density at radius 3 is 2.90 bits per heavy atom. The number of ether oxygens (including phenoxy) is 1. The highest BCUT2D eigenvalue weighted by Crippen LogP contribution is 2.31. The number of hydrogen-bond donors (Lipinski definition) is 1. The first-order valence-electron chi connectivity index (χ1n) is 10.3. The molecule has 156 valence electrons. The zero-order valence-corrected chi connectivity index (χ0v) is 17.4. The summed E-state index contributed by atoms with van der Waals surface area (Å²) in [5.74, 6) is 1.67. The Labute approximate surface area is 180 Å². The summed E-state index contributed by atoms with van der Waals surface area (Å²) in [6, 6.07) is 8.04. The zero-order chi connectivity index (χ0) is 20.5. The molecule has 1 saturated heterocycles. The third-order valence-corrected chi connectivity index (χ3v) is 6.02. The first-order valence-corrected chi connectivity index (χ1v) is 10.7. The van der Waals surface area contributed by atoms with Crippen molar-refractivity contribution in [3.8, 4) is 0 Å². The van der Waals surface area contributed by atoms with Gasteiger partial charge in [-0.2, -0.15) is 0 Å². The maximum atomic E-state index is 12.0. The van der Waals surface area contributed by atoms with E-state index in [1.807, 2.05) is 35.4 Å². The normalized spacial score (nSPS) is 21.2. The molecule has 0 aliphatic carbocycles. The smallest absolute Gasteiger partial charge is 0.188 e. The van der Waals surface area contributed by atoms with Crippen molar-refractivity contribution >= 4 is 29.3 Å². The molecule has 4 heterocycles. The van der Waals surface area contributed by atoms with Crippen LogP contribution >= 0.6 is 11.6 Å². The molecule has 4 aliphatic heterocycles. The van der Waals surface area contributed by atoms with Crippen molar-refractivity contribution in [2.24, 2.45) is 4.99 Å². The van der Waals surface area contributed by atoms with Crippen LogP contribution in [0, 0.1) is 0 Å². The number of carbonyl (C=O) groups excluding carboxylic acids is 1. The van der Waals surface area contributed by atoms with Gasteiger partial charge in [-0.25, -0.2) is 4.99 Å². The largest absolute Gasteiger partial charge is 0.495 e. The number of Topliss-reactive ketones (excluding diaryl/α,β-unsaturated/α-hetero) is 1.